The van der Waals surface area contributed by atoms with Crippen molar-refractivity contribution in [1.29, 1.82) is 0 Å². The van der Waals surface area contributed by atoms with Crippen molar-refractivity contribution >= 4 is 25.5 Å². The fourth-order valence-electron chi connectivity index (χ4n) is 6.55. The summed E-state index contributed by atoms with van der Waals surface area (Å²) in [7, 11) is 1.31. The molecule has 12 nitrogen and oxygen atoms in total. The minimum absolute atomic E-state index is 0.0156. The highest BCUT2D eigenvalue weighted by Gasteiger charge is 2.39. The number of carbonyl (C=O) groups excluding carboxylic acids is 3. The average Bonchev–Trinajstić information content (AvgIpc) is 3.44. The van der Waals surface area contributed by atoms with E-state index in [2.05, 4.69) is 38.2 Å². The predicted molar refractivity (Wildman–Crippen MR) is 234 cm³/mol. The molecule has 0 amide bonds. The summed E-state index contributed by atoms with van der Waals surface area (Å²) >= 11 is 0. The van der Waals surface area contributed by atoms with E-state index in [-0.39, 0.29) is 44.2 Å². The first kappa shape index (κ1) is 54.6. The Hall–Kier alpha value is -2.44. The first-order chi connectivity index (χ1) is 28.2. The number of Topliss-reactive ketones (excluding diaryl/α,β-unsaturated/α-hetero) is 1. The Labute approximate surface area is 356 Å². The Bertz CT molecular complexity index is 1310. The second kappa shape index (κ2) is 33.2. The average molecular weight is 855 g/mol. The van der Waals surface area contributed by atoms with Gasteiger partial charge in [0.25, 0.3) is 0 Å². The Kier molecular flexibility index (Phi) is 30.7. The lowest BCUT2D eigenvalue weighted by atomic mass is 9.90. The van der Waals surface area contributed by atoms with Crippen molar-refractivity contribution < 1.29 is 57.1 Å². The van der Waals surface area contributed by atoms with Crippen LogP contribution in [0.15, 0.2) is 48.6 Å². The number of hydrogen-bond donors (Lipinski definition) is 3. The van der Waals surface area contributed by atoms with Gasteiger partial charge >= 0.3 is 19.8 Å². The number of rotatable bonds is 36. The van der Waals surface area contributed by atoms with E-state index in [9.17, 15) is 34.1 Å². The number of likely N-dealkylation sites (N-methyl/N-ethyl adjacent to an activating group) is 1. The van der Waals surface area contributed by atoms with Crippen LogP contribution in [0.5, 0.6) is 0 Å². The van der Waals surface area contributed by atoms with Crippen molar-refractivity contribution in [2.24, 2.45) is 11.8 Å². The largest absolute Gasteiger partial charge is 0.472 e. The van der Waals surface area contributed by atoms with Gasteiger partial charge in [0.05, 0.1) is 40.0 Å². The molecule has 1 aliphatic rings. The van der Waals surface area contributed by atoms with Crippen molar-refractivity contribution in [3.63, 3.8) is 0 Å². The Balaban J connectivity index is 2.52. The van der Waals surface area contributed by atoms with E-state index in [0.717, 1.165) is 64.2 Å². The summed E-state index contributed by atoms with van der Waals surface area (Å²) in [6.07, 6.45) is 30.9. The first-order valence-corrected chi connectivity index (χ1v) is 24.0. The van der Waals surface area contributed by atoms with Gasteiger partial charge in [-0.25, -0.2) is 4.57 Å². The van der Waals surface area contributed by atoms with Crippen LogP contribution >= 0.6 is 7.82 Å². The lowest BCUT2D eigenvalue weighted by molar-refractivity contribution is -0.870. The molecule has 0 radical (unpaired) electrons. The topological polar surface area (TPSA) is 166 Å². The zero-order valence-electron chi connectivity index (χ0n) is 37.2. The number of ketones is 1. The third kappa shape index (κ3) is 30.3. The van der Waals surface area contributed by atoms with Crippen molar-refractivity contribution in [1.82, 2.24) is 0 Å². The number of carbonyl (C=O) groups is 3. The van der Waals surface area contributed by atoms with Crippen LogP contribution in [0.2, 0.25) is 0 Å². The number of esters is 2. The molecule has 3 N–H and O–H groups in total. The molecule has 340 valence electrons. The summed E-state index contributed by atoms with van der Waals surface area (Å²) in [5.41, 5.74) is 0. The van der Waals surface area contributed by atoms with Crippen LogP contribution in [0.1, 0.15) is 149 Å². The lowest BCUT2D eigenvalue weighted by Gasteiger charge is -2.24. The SMILES string of the molecule is CCCCC/C=C\C/C=C\CCCCCCCC(=O)O[C@H](COC(=O)CCC/C=C\C[C@H]1[C@@H](O)CC(=O)[C@@H]1/C=C/[C@@H](O)CCCCC)COP(=O)(O)OCC[N+](C)(C)C. The van der Waals surface area contributed by atoms with Gasteiger partial charge in [-0.15, -0.1) is 0 Å². The van der Waals surface area contributed by atoms with E-state index in [4.69, 9.17) is 18.5 Å². The number of phosphoric ester groups is 1. The van der Waals surface area contributed by atoms with Gasteiger partial charge in [0.2, 0.25) is 0 Å². The van der Waals surface area contributed by atoms with Gasteiger partial charge in [-0.3, -0.25) is 23.4 Å². The normalized spacial score (nSPS) is 19.7. The summed E-state index contributed by atoms with van der Waals surface area (Å²) in [5.74, 6) is -1.75. The molecule has 0 aromatic heterocycles. The molecular formula is C46H81NO11P+. The summed E-state index contributed by atoms with van der Waals surface area (Å²) in [4.78, 5) is 48.1. The van der Waals surface area contributed by atoms with E-state index in [1.165, 1.54) is 19.3 Å². The number of aliphatic hydroxyl groups excluding tert-OH is 2. The van der Waals surface area contributed by atoms with E-state index < -0.39 is 50.6 Å². The molecule has 1 unspecified atom stereocenters. The molecule has 0 aliphatic heterocycles. The van der Waals surface area contributed by atoms with Gasteiger partial charge in [-0.05, 0) is 64.2 Å². The first-order valence-electron chi connectivity index (χ1n) is 22.5. The Morgan fingerprint density at radius 3 is 2.10 bits per heavy atom. The minimum Gasteiger partial charge on any atom is -0.462 e. The number of unbranched alkanes of at least 4 members (excludes halogenated alkanes) is 11. The second-order valence-corrected chi connectivity index (χ2v) is 18.3. The molecule has 1 saturated carbocycles. The number of allylic oxidation sites excluding steroid dienone is 7. The fourth-order valence-corrected chi connectivity index (χ4v) is 7.29. The smallest absolute Gasteiger partial charge is 0.462 e. The monoisotopic (exact) mass is 855 g/mol. The maximum Gasteiger partial charge on any atom is 0.472 e. The van der Waals surface area contributed by atoms with E-state index >= 15 is 0 Å². The molecular weight excluding hydrogens is 773 g/mol. The fraction of sp³-hybridized carbons (Fsp3) is 0.761. The molecule has 1 aliphatic carbocycles. The van der Waals surface area contributed by atoms with Crippen LogP contribution < -0.4 is 0 Å². The Morgan fingerprint density at radius 1 is 0.797 bits per heavy atom. The van der Waals surface area contributed by atoms with E-state index in [0.29, 0.717) is 43.1 Å². The van der Waals surface area contributed by atoms with E-state index in [1.54, 1.807) is 12.2 Å². The summed E-state index contributed by atoms with van der Waals surface area (Å²) < 4.78 is 34.2. The molecule has 0 aromatic rings. The number of phosphoric acid groups is 1. The molecule has 59 heavy (non-hydrogen) atoms. The molecule has 0 spiro atoms. The molecule has 0 saturated heterocycles. The van der Waals surface area contributed by atoms with Gasteiger partial charge in [0.1, 0.15) is 25.5 Å². The van der Waals surface area contributed by atoms with Crippen LogP contribution in [0, 0.1) is 11.8 Å². The van der Waals surface area contributed by atoms with Crippen LogP contribution in [-0.4, -0.2) is 103 Å². The predicted octanol–water partition coefficient (Wildman–Crippen LogP) is 9.27. The van der Waals surface area contributed by atoms with Crippen molar-refractivity contribution in [2.45, 2.75) is 167 Å². The number of quaternary nitrogens is 1. The van der Waals surface area contributed by atoms with Crippen LogP contribution in [0.3, 0.4) is 0 Å². The van der Waals surface area contributed by atoms with Gasteiger partial charge in [-0.2, -0.15) is 0 Å². The zero-order chi connectivity index (χ0) is 43.8. The highest BCUT2D eigenvalue weighted by Crippen LogP contribution is 2.43. The van der Waals surface area contributed by atoms with Gasteiger partial charge in [0.15, 0.2) is 6.10 Å². The summed E-state index contributed by atoms with van der Waals surface area (Å²) in [6, 6.07) is 0. The highest BCUT2D eigenvalue weighted by atomic mass is 31.2. The van der Waals surface area contributed by atoms with Crippen LogP contribution in [-0.2, 0) is 37.5 Å². The number of nitrogens with zero attached hydrogens (tertiary/aromatic N) is 1. The zero-order valence-corrected chi connectivity index (χ0v) is 38.1. The third-order valence-electron chi connectivity index (χ3n) is 10.2. The Morgan fingerprint density at radius 2 is 1.41 bits per heavy atom. The number of aliphatic hydroxyl groups is 2. The molecule has 13 heteroatoms. The number of ether oxygens (including phenoxy) is 2. The quantitative estimate of drug-likeness (QED) is 0.0181. The lowest BCUT2D eigenvalue weighted by Crippen LogP contribution is -2.37. The second-order valence-electron chi connectivity index (χ2n) is 16.9. The van der Waals surface area contributed by atoms with Crippen molar-refractivity contribution in [3.8, 4) is 0 Å². The molecule has 1 rings (SSSR count). The molecule has 0 heterocycles. The third-order valence-corrected chi connectivity index (χ3v) is 11.2. The minimum atomic E-state index is -4.45. The maximum atomic E-state index is 12.7. The van der Waals surface area contributed by atoms with Gasteiger partial charge in [0, 0.05) is 31.1 Å². The van der Waals surface area contributed by atoms with E-state index in [1.807, 2.05) is 33.3 Å². The molecule has 0 bridgehead atoms. The van der Waals surface area contributed by atoms with Crippen molar-refractivity contribution in [2.75, 3.05) is 47.5 Å². The van der Waals surface area contributed by atoms with Crippen LogP contribution in [0.25, 0.3) is 0 Å². The van der Waals surface area contributed by atoms with Crippen molar-refractivity contribution in [3.05, 3.63) is 48.6 Å². The standard InChI is InChI=1S/C46H80NO11P/c1-6-8-10-11-12-13-14-15-16-17-18-19-20-21-27-31-46(52)58-40(38-57-59(53,54)56-35-34-47(3,4)5)37-55-45(51)30-26-23-22-25-29-41-42(44(50)36-43(41)49)33-32-39(48)28-24-9-7-2/h12-13,15-16,22,25,32-33,39-43,48-49H,6-11,14,17-21,23-24,26-31,34-38H2,1-5H3/p+1/b13-12-,16-15-,25-22-,33-32+/t39-,40+,41+,42+,43-/m0/s1. The molecule has 0 aromatic carbocycles. The molecule has 1 fully saturated rings. The van der Waals surface area contributed by atoms with Crippen LogP contribution in [0.4, 0.5) is 0 Å². The summed E-state index contributed by atoms with van der Waals surface area (Å²) in [6.45, 7) is 3.95. The highest BCUT2D eigenvalue weighted by molar-refractivity contribution is 7.47. The van der Waals surface area contributed by atoms with Gasteiger partial charge in [-0.1, -0.05) is 114 Å². The van der Waals surface area contributed by atoms with Gasteiger partial charge < -0.3 is 29.1 Å². The number of hydrogen-bond acceptors (Lipinski definition) is 10. The maximum absolute atomic E-state index is 12.7. The summed E-state index contributed by atoms with van der Waals surface area (Å²) in [5, 5.41) is 20.7. The molecule has 6 atom stereocenters.